The Labute approximate surface area is 68.8 Å². The molecule has 0 aliphatic rings. The van der Waals surface area contributed by atoms with Crippen molar-refractivity contribution in [3.63, 3.8) is 0 Å². The topological polar surface area (TPSA) is 38.9 Å². The summed E-state index contributed by atoms with van der Waals surface area (Å²) in [5.74, 6) is -0.500. The predicted octanol–water partition coefficient (Wildman–Crippen LogP) is 1.96. The van der Waals surface area contributed by atoms with Gasteiger partial charge in [0.25, 0.3) is 0 Å². The van der Waals surface area contributed by atoms with Crippen LogP contribution in [0, 0.1) is 5.95 Å². The summed E-state index contributed by atoms with van der Waals surface area (Å²) in [4.78, 5) is 3.68. The van der Waals surface area contributed by atoms with E-state index >= 15 is 0 Å². The first kappa shape index (κ1) is 7.03. The first-order valence-electron chi connectivity index (χ1n) is 3.58. The van der Waals surface area contributed by atoms with Gasteiger partial charge in [-0.2, -0.15) is 4.39 Å². The number of nitrogens with zero attached hydrogens (tertiary/aromatic N) is 1. The van der Waals surface area contributed by atoms with E-state index in [1.807, 2.05) is 12.1 Å². The lowest BCUT2D eigenvalue weighted by Crippen LogP contribution is -1.90. The van der Waals surface area contributed by atoms with E-state index in [9.17, 15) is 4.39 Å². The number of halogens is 1. The molecule has 0 amide bonds. The summed E-state index contributed by atoms with van der Waals surface area (Å²) in [6, 6.07) is 8.35. The molecule has 0 fully saturated rings. The van der Waals surface area contributed by atoms with Crippen molar-refractivity contribution < 1.29 is 4.39 Å². The quantitative estimate of drug-likeness (QED) is 0.475. The van der Waals surface area contributed by atoms with Gasteiger partial charge in [-0.25, -0.2) is 4.98 Å². The number of anilines is 1. The van der Waals surface area contributed by atoms with E-state index in [0.717, 1.165) is 5.39 Å². The highest BCUT2D eigenvalue weighted by Crippen LogP contribution is 2.17. The number of rotatable bonds is 0. The molecule has 0 unspecified atom stereocenters. The minimum atomic E-state index is -0.500. The Morgan fingerprint density at radius 1 is 1.17 bits per heavy atom. The van der Waals surface area contributed by atoms with Crippen LogP contribution in [0.3, 0.4) is 0 Å². The fraction of sp³-hybridized carbons (Fsp3) is 0. The third kappa shape index (κ3) is 0.993. The van der Waals surface area contributed by atoms with E-state index in [2.05, 4.69) is 4.98 Å². The highest BCUT2D eigenvalue weighted by atomic mass is 19.1. The van der Waals surface area contributed by atoms with Crippen molar-refractivity contribution in [2.75, 3.05) is 5.73 Å². The second-order valence-corrected chi connectivity index (χ2v) is 2.55. The zero-order valence-corrected chi connectivity index (χ0v) is 6.29. The SMILES string of the molecule is Nc1cccc2ccc(F)nc12. The maximum absolute atomic E-state index is 12.6. The van der Waals surface area contributed by atoms with E-state index in [0.29, 0.717) is 11.2 Å². The normalized spacial score (nSPS) is 10.4. The molecule has 2 rings (SSSR count). The van der Waals surface area contributed by atoms with Crippen LogP contribution in [-0.4, -0.2) is 4.98 Å². The average molecular weight is 162 g/mol. The van der Waals surface area contributed by atoms with Crippen molar-refractivity contribution in [3.8, 4) is 0 Å². The molecule has 12 heavy (non-hydrogen) atoms. The van der Waals surface area contributed by atoms with Crippen molar-refractivity contribution in [2.24, 2.45) is 0 Å². The zero-order valence-electron chi connectivity index (χ0n) is 6.29. The lowest BCUT2D eigenvalue weighted by atomic mass is 10.2. The Balaban J connectivity index is 2.88. The summed E-state index contributed by atoms with van der Waals surface area (Å²) in [6.07, 6.45) is 0. The first-order chi connectivity index (χ1) is 5.77. The van der Waals surface area contributed by atoms with Crippen LogP contribution in [-0.2, 0) is 0 Å². The third-order valence-electron chi connectivity index (χ3n) is 1.72. The van der Waals surface area contributed by atoms with Gasteiger partial charge in [0.05, 0.1) is 11.2 Å². The summed E-state index contributed by atoms with van der Waals surface area (Å²) < 4.78 is 12.6. The third-order valence-corrected chi connectivity index (χ3v) is 1.72. The van der Waals surface area contributed by atoms with Gasteiger partial charge in [-0.15, -0.1) is 0 Å². The second kappa shape index (κ2) is 2.44. The number of para-hydroxylation sites is 1. The van der Waals surface area contributed by atoms with E-state index in [1.165, 1.54) is 6.07 Å². The Morgan fingerprint density at radius 2 is 2.00 bits per heavy atom. The van der Waals surface area contributed by atoms with Gasteiger partial charge < -0.3 is 5.73 Å². The van der Waals surface area contributed by atoms with Gasteiger partial charge in [0, 0.05) is 5.39 Å². The number of fused-ring (bicyclic) bond motifs is 1. The van der Waals surface area contributed by atoms with Gasteiger partial charge in [-0.1, -0.05) is 12.1 Å². The summed E-state index contributed by atoms with van der Waals surface area (Å²) in [5.41, 5.74) is 6.63. The van der Waals surface area contributed by atoms with Crippen LogP contribution >= 0.6 is 0 Å². The lowest BCUT2D eigenvalue weighted by Gasteiger charge is -1.99. The Kier molecular flexibility index (Phi) is 1.43. The van der Waals surface area contributed by atoms with Gasteiger partial charge in [0.15, 0.2) is 0 Å². The smallest absolute Gasteiger partial charge is 0.213 e. The Bertz CT molecular complexity index is 426. The molecular weight excluding hydrogens is 155 g/mol. The monoisotopic (exact) mass is 162 g/mol. The molecule has 1 aromatic heterocycles. The molecule has 1 aromatic carbocycles. The standard InChI is InChI=1S/C9H7FN2/c10-8-5-4-6-2-1-3-7(11)9(6)12-8/h1-5H,11H2. The largest absolute Gasteiger partial charge is 0.397 e. The van der Waals surface area contributed by atoms with Gasteiger partial charge in [0.2, 0.25) is 5.95 Å². The maximum atomic E-state index is 12.6. The van der Waals surface area contributed by atoms with Gasteiger partial charge >= 0.3 is 0 Å². The maximum Gasteiger partial charge on any atom is 0.213 e. The fourth-order valence-electron chi connectivity index (χ4n) is 1.15. The average Bonchev–Trinajstić information content (AvgIpc) is 2.07. The van der Waals surface area contributed by atoms with Crippen LogP contribution in [0.1, 0.15) is 0 Å². The van der Waals surface area contributed by atoms with Crippen molar-refractivity contribution in [1.82, 2.24) is 4.98 Å². The number of aromatic nitrogens is 1. The first-order valence-corrected chi connectivity index (χ1v) is 3.58. The molecule has 0 aliphatic carbocycles. The van der Waals surface area contributed by atoms with Crippen LogP contribution in [0.5, 0.6) is 0 Å². The summed E-state index contributed by atoms with van der Waals surface area (Å²) >= 11 is 0. The number of benzene rings is 1. The summed E-state index contributed by atoms with van der Waals surface area (Å²) in [6.45, 7) is 0. The minimum absolute atomic E-state index is 0.500. The Hall–Kier alpha value is -1.64. The highest BCUT2D eigenvalue weighted by Gasteiger charge is 1.99. The molecule has 0 saturated carbocycles. The number of hydrogen-bond donors (Lipinski definition) is 1. The number of pyridine rings is 1. The van der Waals surface area contributed by atoms with Crippen molar-refractivity contribution in [3.05, 3.63) is 36.3 Å². The van der Waals surface area contributed by atoms with E-state index < -0.39 is 5.95 Å². The minimum Gasteiger partial charge on any atom is -0.397 e. The molecule has 3 heteroatoms. The molecule has 2 nitrogen and oxygen atoms in total. The molecule has 2 N–H and O–H groups in total. The fourth-order valence-corrected chi connectivity index (χ4v) is 1.15. The molecule has 0 bridgehead atoms. The molecule has 1 heterocycles. The molecule has 0 radical (unpaired) electrons. The molecule has 60 valence electrons. The molecule has 2 aromatic rings. The van der Waals surface area contributed by atoms with Crippen molar-refractivity contribution >= 4 is 16.6 Å². The molecule has 0 atom stereocenters. The zero-order chi connectivity index (χ0) is 8.55. The van der Waals surface area contributed by atoms with Gasteiger partial charge in [-0.3, -0.25) is 0 Å². The molecule has 0 aliphatic heterocycles. The van der Waals surface area contributed by atoms with E-state index in [4.69, 9.17) is 5.73 Å². The van der Waals surface area contributed by atoms with Gasteiger partial charge in [0.1, 0.15) is 0 Å². The predicted molar refractivity (Wildman–Crippen MR) is 46.1 cm³/mol. The lowest BCUT2D eigenvalue weighted by molar-refractivity contribution is 0.589. The summed E-state index contributed by atoms with van der Waals surface area (Å²) in [7, 11) is 0. The molecular formula is C9H7FN2. The van der Waals surface area contributed by atoms with Crippen molar-refractivity contribution in [2.45, 2.75) is 0 Å². The van der Waals surface area contributed by atoms with E-state index in [-0.39, 0.29) is 0 Å². The molecule has 0 spiro atoms. The van der Waals surface area contributed by atoms with Crippen LogP contribution < -0.4 is 5.73 Å². The second-order valence-electron chi connectivity index (χ2n) is 2.55. The van der Waals surface area contributed by atoms with Crippen LogP contribution in [0.2, 0.25) is 0 Å². The Morgan fingerprint density at radius 3 is 2.83 bits per heavy atom. The summed E-state index contributed by atoms with van der Waals surface area (Å²) in [5, 5.41) is 0.858. The number of nitrogens with two attached hydrogens (primary N) is 1. The highest BCUT2D eigenvalue weighted by molar-refractivity contribution is 5.88. The van der Waals surface area contributed by atoms with Crippen LogP contribution in [0.15, 0.2) is 30.3 Å². The number of hydrogen-bond acceptors (Lipinski definition) is 2. The number of nitrogen functional groups attached to an aromatic ring is 1. The van der Waals surface area contributed by atoms with Gasteiger partial charge in [-0.05, 0) is 18.2 Å². The molecule has 0 saturated heterocycles. The van der Waals surface area contributed by atoms with Crippen LogP contribution in [0.4, 0.5) is 10.1 Å². The van der Waals surface area contributed by atoms with E-state index in [1.54, 1.807) is 12.1 Å². The van der Waals surface area contributed by atoms with Crippen molar-refractivity contribution in [1.29, 1.82) is 0 Å². The van der Waals surface area contributed by atoms with Crippen LogP contribution in [0.25, 0.3) is 10.9 Å².